The Balaban J connectivity index is 2.09. The van der Waals surface area contributed by atoms with Gasteiger partial charge in [-0.3, -0.25) is 4.79 Å². The highest BCUT2D eigenvalue weighted by molar-refractivity contribution is 5.94. The van der Waals surface area contributed by atoms with Crippen molar-refractivity contribution in [3.05, 3.63) is 35.4 Å². The molecule has 4 nitrogen and oxygen atoms in total. The fourth-order valence-electron chi connectivity index (χ4n) is 2.65. The van der Waals surface area contributed by atoms with E-state index in [0.717, 1.165) is 48.6 Å². The van der Waals surface area contributed by atoms with Gasteiger partial charge in [0.15, 0.2) is 0 Å². The Bertz CT molecular complexity index is 557. The molecule has 0 saturated heterocycles. The van der Waals surface area contributed by atoms with Gasteiger partial charge in [-0.2, -0.15) is 0 Å². The van der Waals surface area contributed by atoms with Gasteiger partial charge >= 0.3 is 5.97 Å². The van der Waals surface area contributed by atoms with E-state index in [-0.39, 0.29) is 11.8 Å². The maximum absolute atomic E-state index is 12.3. The lowest BCUT2D eigenvalue weighted by Gasteiger charge is -2.21. The molecule has 0 aromatic heterocycles. The molecule has 1 saturated carbocycles. The molecule has 1 aliphatic carbocycles. The number of rotatable bonds is 4. The number of aliphatic carboxylic acids is 1. The Labute approximate surface area is 124 Å². The van der Waals surface area contributed by atoms with Crippen LogP contribution in [0.3, 0.4) is 0 Å². The van der Waals surface area contributed by atoms with Crippen LogP contribution < -0.4 is 5.32 Å². The van der Waals surface area contributed by atoms with Crippen LogP contribution in [0.1, 0.15) is 43.2 Å². The third kappa shape index (κ3) is 4.45. The van der Waals surface area contributed by atoms with Crippen molar-refractivity contribution in [3.63, 3.8) is 0 Å². The maximum Gasteiger partial charge on any atom is 0.328 e. The topological polar surface area (TPSA) is 66.4 Å². The van der Waals surface area contributed by atoms with Gasteiger partial charge < -0.3 is 10.4 Å². The van der Waals surface area contributed by atoms with Gasteiger partial charge in [-0.15, -0.1) is 0 Å². The van der Waals surface area contributed by atoms with Gasteiger partial charge in [-0.1, -0.05) is 31.4 Å². The van der Waals surface area contributed by atoms with Crippen LogP contribution in [-0.4, -0.2) is 17.0 Å². The van der Waals surface area contributed by atoms with Crippen LogP contribution in [0.2, 0.25) is 0 Å². The van der Waals surface area contributed by atoms with Crippen LogP contribution in [0.25, 0.3) is 6.08 Å². The second-order valence-electron chi connectivity index (χ2n) is 5.57. The normalized spacial score (nSPS) is 16.0. The molecule has 21 heavy (non-hydrogen) atoms. The first-order valence-corrected chi connectivity index (χ1v) is 7.39. The van der Waals surface area contributed by atoms with Crippen LogP contribution >= 0.6 is 0 Å². The smallest absolute Gasteiger partial charge is 0.328 e. The van der Waals surface area contributed by atoms with E-state index in [1.54, 1.807) is 0 Å². The summed E-state index contributed by atoms with van der Waals surface area (Å²) in [4.78, 5) is 22.8. The molecule has 0 bridgehead atoms. The third-order valence-corrected chi connectivity index (χ3v) is 3.91. The predicted octanol–water partition coefficient (Wildman–Crippen LogP) is 3.61. The van der Waals surface area contributed by atoms with Crippen molar-refractivity contribution in [1.82, 2.24) is 0 Å². The first-order valence-electron chi connectivity index (χ1n) is 7.39. The van der Waals surface area contributed by atoms with E-state index in [9.17, 15) is 9.59 Å². The molecule has 112 valence electrons. The number of carboxylic acid groups (broad SMARTS) is 1. The van der Waals surface area contributed by atoms with Crippen molar-refractivity contribution in [2.45, 2.75) is 39.0 Å². The summed E-state index contributed by atoms with van der Waals surface area (Å²) in [5, 5.41) is 11.6. The van der Waals surface area contributed by atoms with Crippen LogP contribution in [0.15, 0.2) is 24.3 Å². The van der Waals surface area contributed by atoms with E-state index in [4.69, 9.17) is 5.11 Å². The molecular weight excluding hydrogens is 266 g/mol. The van der Waals surface area contributed by atoms with Crippen LogP contribution in [-0.2, 0) is 9.59 Å². The fraction of sp³-hybridized carbons (Fsp3) is 0.412. The summed E-state index contributed by atoms with van der Waals surface area (Å²) in [5.41, 5.74) is 2.51. The Morgan fingerprint density at radius 3 is 2.62 bits per heavy atom. The van der Waals surface area contributed by atoms with Crippen LogP contribution in [0, 0.1) is 12.8 Å². The number of benzene rings is 1. The molecule has 1 aliphatic rings. The Morgan fingerprint density at radius 2 is 1.95 bits per heavy atom. The zero-order valence-electron chi connectivity index (χ0n) is 12.3. The fourth-order valence-corrected chi connectivity index (χ4v) is 2.65. The van der Waals surface area contributed by atoms with E-state index in [1.165, 1.54) is 12.5 Å². The van der Waals surface area contributed by atoms with Crippen molar-refractivity contribution < 1.29 is 14.7 Å². The Morgan fingerprint density at radius 1 is 1.24 bits per heavy atom. The zero-order chi connectivity index (χ0) is 15.2. The van der Waals surface area contributed by atoms with E-state index in [2.05, 4.69) is 5.32 Å². The number of hydrogen-bond acceptors (Lipinski definition) is 2. The first-order chi connectivity index (χ1) is 10.1. The second kappa shape index (κ2) is 7.07. The largest absolute Gasteiger partial charge is 0.478 e. The average Bonchev–Trinajstić information content (AvgIpc) is 2.48. The van der Waals surface area contributed by atoms with Gasteiger partial charge in [0.1, 0.15) is 0 Å². The van der Waals surface area contributed by atoms with Crippen LogP contribution in [0.5, 0.6) is 0 Å². The summed E-state index contributed by atoms with van der Waals surface area (Å²) in [5.74, 6) is -0.795. The van der Waals surface area contributed by atoms with E-state index in [1.807, 2.05) is 25.1 Å². The van der Waals surface area contributed by atoms with Crippen molar-refractivity contribution in [2.75, 3.05) is 5.32 Å². The highest BCUT2D eigenvalue weighted by Gasteiger charge is 2.21. The molecule has 1 aromatic carbocycles. The molecule has 0 unspecified atom stereocenters. The van der Waals surface area contributed by atoms with Crippen LogP contribution in [0.4, 0.5) is 5.69 Å². The van der Waals surface area contributed by atoms with Gasteiger partial charge in [0.05, 0.1) is 0 Å². The minimum absolute atomic E-state index is 0.0807. The summed E-state index contributed by atoms with van der Waals surface area (Å²) in [6.07, 6.45) is 8.01. The summed E-state index contributed by atoms with van der Waals surface area (Å²) >= 11 is 0. The van der Waals surface area contributed by atoms with E-state index in [0.29, 0.717) is 0 Å². The molecule has 0 radical (unpaired) electrons. The standard InChI is InChI=1S/C17H21NO3/c1-12-7-8-13(9-10-16(19)20)11-15(12)18-17(21)14-5-3-2-4-6-14/h7-11,14H,2-6H2,1H3,(H,18,21)(H,19,20). The number of anilines is 1. The maximum atomic E-state index is 12.3. The molecule has 2 N–H and O–H groups in total. The molecule has 0 atom stereocenters. The third-order valence-electron chi connectivity index (χ3n) is 3.91. The molecule has 4 heteroatoms. The molecule has 0 aliphatic heterocycles. The summed E-state index contributed by atoms with van der Waals surface area (Å²) in [6.45, 7) is 1.93. The lowest BCUT2D eigenvalue weighted by molar-refractivity contribution is -0.131. The SMILES string of the molecule is Cc1ccc(C=CC(=O)O)cc1NC(=O)C1CCCCC1. The molecule has 1 amide bonds. The zero-order valence-corrected chi connectivity index (χ0v) is 12.3. The number of carbonyl (C=O) groups is 2. The number of carboxylic acids is 1. The summed E-state index contributed by atoms with van der Waals surface area (Å²) in [6, 6.07) is 5.54. The minimum atomic E-state index is -0.983. The van der Waals surface area contributed by atoms with Crippen molar-refractivity contribution in [3.8, 4) is 0 Å². The predicted molar refractivity (Wildman–Crippen MR) is 83.1 cm³/mol. The quantitative estimate of drug-likeness (QED) is 0.831. The Hall–Kier alpha value is -2.10. The molecule has 2 rings (SSSR count). The molecule has 1 aromatic rings. The molecular formula is C17H21NO3. The molecule has 0 spiro atoms. The number of aryl methyl sites for hydroxylation is 1. The summed E-state index contributed by atoms with van der Waals surface area (Å²) in [7, 11) is 0. The van der Waals surface area contributed by atoms with Gasteiger partial charge in [0.2, 0.25) is 5.91 Å². The highest BCUT2D eigenvalue weighted by Crippen LogP contribution is 2.26. The van der Waals surface area contributed by atoms with Crippen molar-refractivity contribution in [2.24, 2.45) is 5.92 Å². The number of carbonyl (C=O) groups excluding carboxylic acids is 1. The van der Waals surface area contributed by atoms with Gasteiger partial charge in [-0.05, 0) is 43.0 Å². The molecule has 0 heterocycles. The van der Waals surface area contributed by atoms with Crippen molar-refractivity contribution in [1.29, 1.82) is 0 Å². The summed E-state index contributed by atoms with van der Waals surface area (Å²) < 4.78 is 0. The van der Waals surface area contributed by atoms with Gasteiger partial charge in [0, 0.05) is 17.7 Å². The number of nitrogens with one attached hydrogen (secondary N) is 1. The first kappa shape index (κ1) is 15.3. The highest BCUT2D eigenvalue weighted by atomic mass is 16.4. The lowest BCUT2D eigenvalue weighted by atomic mass is 9.88. The molecule has 1 fully saturated rings. The number of hydrogen-bond donors (Lipinski definition) is 2. The van der Waals surface area contributed by atoms with Crippen molar-refractivity contribution >= 4 is 23.6 Å². The van der Waals surface area contributed by atoms with Gasteiger partial charge in [0.25, 0.3) is 0 Å². The van der Waals surface area contributed by atoms with Gasteiger partial charge in [-0.25, -0.2) is 4.79 Å². The average molecular weight is 287 g/mol. The monoisotopic (exact) mass is 287 g/mol. The lowest BCUT2D eigenvalue weighted by Crippen LogP contribution is -2.25. The Kier molecular flexibility index (Phi) is 5.14. The number of amides is 1. The second-order valence-corrected chi connectivity index (χ2v) is 5.57. The van der Waals surface area contributed by atoms with E-state index >= 15 is 0 Å². The minimum Gasteiger partial charge on any atom is -0.478 e. The van der Waals surface area contributed by atoms with E-state index < -0.39 is 5.97 Å².